The topological polar surface area (TPSA) is 50.8 Å². The summed E-state index contributed by atoms with van der Waals surface area (Å²) in [5.41, 5.74) is -0.456. The third-order valence-electron chi connectivity index (χ3n) is 1.85. The molecule has 0 bridgehead atoms. The van der Waals surface area contributed by atoms with Crippen LogP contribution in [-0.2, 0) is 9.47 Å². The van der Waals surface area contributed by atoms with Crippen LogP contribution in [0.4, 0.5) is 4.79 Å². The number of rotatable bonds is 6. The van der Waals surface area contributed by atoms with Gasteiger partial charge in [0.15, 0.2) is 0 Å². The number of amides is 1. The molecule has 0 radical (unpaired) electrons. The molecule has 0 heterocycles. The molecule has 5 heteroatoms. The van der Waals surface area contributed by atoms with Crippen molar-refractivity contribution in [1.29, 1.82) is 0 Å². The lowest BCUT2D eigenvalue weighted by Crippen LogP contribution is -2.41. The quantitative estimate of drug-likeness (QED) is 0.745. The van der Waals surface area contributed by atoms with Crippen LogP contribution in [0, 0.1) is 0 Å². The molecule has 96 valence electrons. The molecule has 0 aromatic heterocycles. The maximum Gasteiger partial charge on any atom is 0.410 e. The van der Waals surface area contributed by atoms with Gasteiger partial charge in [-0.25, -0.2) is 4.79 Å². The van der Waals surface area contributed by atoms with Crippen molar-refractivity contribution < 1.29 is 14.3 Å². The zero-order valence-corrected chi connectivity index (χ0v) is 11.0. The van der Waals surface area contributed by atoms with E-state index in [2.05, 4.69) is 5.32 Å². The van der Waals surface area contributed by atoms with Crippen LogP contribution in [0.25, 0.3) is 0 Å². The van der Waals surface area contributed by atoms with Crippen molar-refractivity contribution in [2.75, 3.05) is 40.4 Å². The Kier molecular flexibility index (Phi) is 7.08. The lowest BCUT2D eigenvalue weighted by atomic mass is 10.2. The number of nitrogens with one attached hydrogen (secondary N) is 1. The van der Waals surface area contributed by atoms with Gasteiger partial charge < -0.3 is 19.7 Å². The highest BCUT2D eigenvalue weighted by Crippen LogP contribution is 2.09. The lowest BCUT2D eigenvalue weighted by molar-refractivity contribution is 0.0205. The first-order valence-corrected chi connectivity index (χ1v) is 5.52. The predicted molar refractivity (Wildman–Crippen MR) is 63.6 cm³/mol. The Hall–Kier alpha value is -0.810. The Labute approximate surface area is 98.1 Å². The summed E-state index contributed by atoms with van der Waals surface area (Å²) in [7, 11) is 3.47. The first-order chi connectivity index (χ1) is 7.40. The fraction of sp³-hybridized carbons (Fsp3) is 0.909. The first kappa shape index (κ1) is 15.2. The lowest BCUT2D eigenvalue weighted by Gasteiger charge is -2.27. The molecule has 0 fully saturated rings. The van der Waals surface area contributed by atoms with Crippen LogP contribution in [0.5, 0.6) is 0 Å². The SMILES string of the molecule is CNCCN(CCOC)C(=O)OC(C)(C)C. The summed E-state index contributed by atoms with van der Waals surface area (Å²) < 4.78 is 10.3. The molecule has 0 saturated heterocycles. The molecule has 0 saturated carbocycles. The molecule has 0 unspecified atom stereocenters. The summed E-state index contributed by atoms with van der Waals surface area (Å²) >= 11 is 0. The van der Waals surface area contributed by atoms with E-state index in [4.69, 9.17) is 9.47 Å². The second-order valence-corrected chi connectivity index (χ2v) is 4.56. The van der Waals surface area contributed by atoms with E-state index in [-0.39, 0.29) is 6.09 Å². The van der Waals surface area contributed by atoms with Crippen molar-refractivity contribution in [3.63, 3.8) is 0 Å². The van der Waals surface area contributed by atoms with E-state index in [1.165, 1.54) is 0 Å². The van der Waals surface area contributed by atoms with Gasteiger partial charge in [-0.05, 0) is 27.8 Å². The Morgan fingerprint density at radius 3 is 2.38 bits per heavy atom. The number of nitrogens with zero attached hydrogens (tertiary/aromatic N) is 1. The van der Waals surface area contributed by atoms with Gasteiger partial charge in [0.1, 0.15) is 5.60 Å². The van der Waals surface area contributed by atoms with Crippen LogP contribution in [0.2, 0.25) is 0 Å². The number of likely N-dealkylation sites (N-methyl/N-ethyl adjacent to an activating group) is 1. The van der Waals surface area contributed by atoms with Crippen molar-refractivity contribution >= 4 is 6.09 Å². The van der Waals surface area contributed by atoms with Crippen molar-refractivity contribution in [1.82, 2.24) is 10.2 Å². The van der Waals surface area contributed by atoms with Gasteiger partial charge in [-0.1, -0.05) is 0 Å². The van der Waals surface area contributed by atoms with Gasteiger partial charge in [-0.15, -0.1) is 0 Å². The highest BCUT2D eigenvalue weighted by Gasteiger charge is 2.21. The number of carbonyl (C=O) groups is 1. The fourth-order valence-corrected chi connectivity index (χ4v) is 1.07. The normalized spacial score (nSPS) is 11.3. The molecule has 0 aliphatic heterocycles. The highest BCUT2D eigenvalue weighted by atomic mass is 16.6. The van der Waals surface area contributed by atoms with Crippen LogP contribution < -0.4 is 5.32 Å². The minimum atomic E-state index is -0.456. The average molecular weight is 232 g/mol. The molecular formula is C11H24N2O3. The molecule has 1 amide bonds. The molecule has 0 aliphatic carbocycles. The molecule has 0 atom stereocenters. The Bertz CT molecular complexity index is 194. The second kappa shape index (κ2) is 7.46. The molecule has 0 aliphatic rings. The summed E-state index contributed by atoms with van der Waals surface area (Å²) in [4.78, 5) is 13.4. The van der Waals surface area contributed by atoms with Gasteiger partial charge in [0.25, 0.3) is 0 Å². The molecule has 5 nitrogen and oxygen atoms in total. The number of ether oxygens (including phenoxy) is 2. The Balaban J connectivity index is 4.19. The minimum absolute atomic E-state index is 0.292. The Morgan fingerprint density at radius 1 is 1.31 bits per heavy atom. The van der Waals surface area contributed by atoms with E-state index >= 15 is 0 Å². The number of carbonyl (C=O) groups excluding carboxylic acids is 1. The summed E-state index contributed by atoms with van der Waals surface area (Å²) in [6.45, 7) is 8.00. The molecule has 0 aromatic rings. The van der Waals surface area contributed by atoms with Crippen molar-refractivity contribution in [3.05, 3.63) is 0 Å². The third kappa shape index (κ3) is 7.48. The summed E-state index contributed by atoms with van der Waals surface area (Å²) in [6, 6.07) is 0. The van der Waals surface area contributed by atoms with Crippen LogP contribution >= 0.6 is 0 Å². The monoisotopic (exact) mass is 232 g/mol. The van der Waals surface area contributed by atoms with Crippen LogP contribution in [-0.4, -0.2) is 57.0 Å². The van der Waals surface area contributed by atoms with Crippen molar-refractivity contribution in [2.45, 2.75) is 26.4 Å². The van der Waals surface area contributed by atoms with E-state index < -0.39 is 5.60 Å². The Morgan fingerprint density at radius 2 is 1.94 bits per heavy atom. The largest absolute Gasteiger partial charge is 0.444 e. The van der Waals surface area contributed by atoms with Gasteiger partial charge in [0.2, 0.25) is 0 Å². The van der Waals surface area contributed by atoms with E-state index in [1.54, 1.807) is 12.0 Å². The fourth-order valence-electron chi connectivity index (χ4n) is 1.07. The van der Waals surface area contributed by atoms with Crippen LogP contribution in [0.1, 0.15) is 20.8 Å². The molecule has 0 spiro atoms. The standard InChI is InChI=1S/C11H24N2O3/c1-11(2,3)16-10(14)13(7-6-12-4)8-9-15-5/h12H,6-9H2,1-5H3. The van der Waals surface area contributed by atoms with Crippen LogP contribution in [0.15, 0.2) is 0 Å². The van der Waals surface area contributed by atoms with Gasteiger partial charge in [-0.3, -0.25) is 0 Å². The summed E-state index contributed by atoms with van der Waals surface area (Å²) in [5, 5.41) is 3.00. The van der Waals surface area contributed by atoms with Gasteiger partial charge in [-0.2, -0.15) is 0 Å². The van der Waals surface area contributed by atoms with E-state index in [0.717, 1.165) is 6.54 Å². The zero-order valence-electron chi connectivity index (χ0n) is 11.0. The first-order valence-electron chi connectivity index (χ1n) is 5.52. The molecule has 1 N–H and O–H groups in total. The molecule has 16 heavy (non-hydrogen) atoms. The molecule has 0 rings (SSSR count). The maximum atomic E-state index is 11.8. The molecular weight excluding hydrogens is 208 g/mol. The smallest absolute Gasteiger partial charge is 0.410 e. The van der Waals surface area contributed by atoms with Crippen molar-refractivity contribution in [3.8, 4) is 0 Å². The zero-order chi connectivity index (χ0) is 12.6. The number of methoxy groups -OCH3 is 1. The highest BCUT2D eigenvalue weighted by molar-refractivity contribution is 5.68. The molecule has 0 aromatic carbocycles. The maximum absolute atomic E-state index is 11.8. The minimum Gasteiger partial charge on any atom is -0.444 e. The number of hydrogen-bond acceptors (Lipinski definition) is 4. The van der Waals surface area contributed by atoms with E-state index in [1.807, 2.05) is 27.8 Å². The van der Waals surface area contributed by atoms with Crippen LogP contribution in [0.3, 0.4) is 0 Å². The second-order valence-electron chi connectivity index (χ2n) is 4.56. The van der Waals surface area contributed by atoms with E-state index in [9.17, 15) is 4.79 Å². The van der Waals surface area contributed by atoms with Crippen molar-refractivity contribution in [2.24, 2.45) is 0 Å². The summed E-state index contributed by atoms with van der Waals surface area (Å²) in [6.07, 6.45) is -0.292. The average Bonchev–Trinajstić information content (AvgIpc) is 2.15. The van der Waals surface area contributed by atoms with Gasteiger partial charge in [0, 0.05) is 26.7 Å². The predicted octanol–water partition coefficient (Wildman–Crippen LogP) is 1.09. The van der Waals surface area contributed by atoms with E-state index in [0.29, 0.717) is 19.7 Å². The number of hydrogen-bond donors (Lipinski definition) is 1. The third-order valence-corrected chi connectivity index (χ3v) is 1.85. The summed E-state index contributed by atoms with van der Waals surface area (Å²) in [5.74, 6) is 0. The van der Waals surface area contributed by atoms with Gasteiger partial charge in [0.05, 0.1) is 6.61 Å². The van der Waals surface area contributed by atoms with Gasteiger partial charge >= 0.3 is 6.09 Å².